The highest BCUT2D eigenvalue weighted by Crippen LogP contribution is 2.29. The Morgan fingerprint density at radius 1 is 1.21 bits per heavy atom. The third-order valence-electron chi connectivity index (χ3n) is 4.47. The smallest absolute Gasteiger partial charge is 0.263 e. The molecule has 144 valence electrons. The molecule has 0 saturated heterocycles. The average molecular weight is 417 g/mol. The van der Waals surface area contributed by atoms with E-state index in [0.717, 1.165) is 15.3 Å². The molecule has 0 saturated carbocycles. The van der Waals surface area contributed by atoms with Crippen LogP contribution in [0.25, 0.3) is 21.6 Å². The zero-order valence-electron chi connectivity index (χ0n) is 15.5. The van der Waals surface area contributed by atoms with Gasteiger partial charge in [0.2, 0.25) is 11.7 Å². The Bertz CT molecular complexity index is 1210. The topological polar surface area (TPSA) is 73.8 Å². The Hall–Kier alpha value is -2.52. The molecule has 0 unspecified atom stereocenters. The van der Waals surface area contributed by atoms with Crippen LogP contribution in [0.1, 0.15) is 23.3 Å². The summed E-state index contributed by atoms with van der Waals surface area (Å²) < 4.78 is 20.0. The van der Waals surface area contributed by atoms with Crippen molar-refractivity contribution in [1.29, 1.82) is 0 Å². The first-order valence-corrected chi connectivity index (χ1v) is 10.5. The molecule has 0 bridgehead atoms. The van der Waals surface area contributed by atoms with Crippen molar-refractivity contribution >= 4 is 33.3 Å². The predicted molar refractivity (Wildman–Crippen MR) is 108 cm³/mol. The Kier molecular flexibility index (Phi) is 5.03. The summed E-state index contributed by atoms with van der Waals surface area (Å²) in [6.45, 7) is 6.41. The van der Waals surface area contributed by atoms with Crippen molar-refractivity contribution in [3.05, 3.63) is 56.8 Å². The van der Waals surface area contributed by atoms with Crippen LogP contribution in [0.4, 0.5) is 4.39 Å². The lowest BCUT2D eigenvalue weighted by molar-refractivity contribution is 0.391. The number of nitrogens with zero attached hydrogens (tertiary/aromatic N) is 4. The van der Waals surface area contributed by atoms with E-state index < -0.39 is 0 Å². The van der Waals surface area contributed by atoms with Gasteiger partial charge in [0.05, 0.1) is 11.1 Å². The van der Waals surface area contributed by atoms with Crippen LogP contribution in [0.15, 0.2) is 38.7 Å². The normalized spacial score (nSPS) is 11.4. The number of hydrogen-bond donors (Lipinski definition) is 0. The molecule has 0 aliphatic carbocycles. The molecular formula is C19H17FN4O2S2. The molecule has 0 aliphatic heterocycles. The molecule has 3 heterocycles. The maximum atomic E-state index is 13.1. The van der Waals surface area contributed by atoms with Crippen molar-refractivity contribution in [1.82, 2.24) is 19.7 Å². The van der Waals surface area contributed by atoms with Gasteiger partial charge in [0.25, 0.3) is 5.56 Å². The predicted octanol–water partition coefficient (Wildman–Crippen LogP) is 4.58. The van der Waals surface area contributed by atoms with Crippen molar-refractivity contribution in [2.75, 3.05) is 0 Å². The number of aromatic nitrogens is 4. The first-order valence-electron chi connectivity index (χ1n) is 8.69. The average Bonchev–Trinajstić information content (AvgIpc) is 3.26. The summed E-state index contributed by atoms with van der Waals surface area (Å²) in [5.41, 5.74) is 1.66. The van der Waals surface area contributed by atoms with Gasteiger partial charge in [-0.3, -0.25) is 9.36 Å². The van der Waals surface area contributed by atoms with Gasteiger partial charge in [-0.05, 0) is 50.6 Å². The highest BCUT2D eigenvalue weighted by atomic mass is 32.2. The lowest BCUT2D eigenvalue weighted by atomic mass is 10.2. The van der Waals surface area contributed by atoms with E-state index in [1.165, 1.54) is 35.2 Å². The summed E-state index contributed by atoms with van der Waals surface area (Å²) in [6.07, 6.45) is 0. The number of rotatable bonds is 5. The highest BCUT2D eigenvalue weighted by Gasteiger charge is 2.17. The molecule has 4 aromatic rings. The van der Waals surface area contributed by atoms with Crippen molar-refractivity contribution < 1.29 is 8.91 Å². The molecule has 28 heavy (non-hydrogen) atoms. The fourth-order valence-corrected chi connectivity index (χ4v) is 4.82. The minimum absolute atomic E-state index is 0.0191. The number of benzene rings is 1. The number of fused-ring (bicyclic) bond motifs is 1. The van der Waals surface area contributed by atoms with Gasteiger partial charge in [-0.1, -0.05) is 16.9 Å². The van der Waals surface area contributed by atoms with E-state index in [4.69, 9.17) is 9.51 Å². The van der Waals surface area contributed by atoms with Crippen molar-refractivity contribution in [3.8, 4) is 11.4 Å². The molecule has 0 spiro atoms. The second-order valence-electron chi connectivity index (χ2n) is 6.21. The standard InChI is InChI=1S/C19H17FN4O2S2/c1-4-24-18(25)15-10(2)11(3)28-17(15)22-19(24)27-9-14-21-16(23-26-14)12-5-7-13(20)8-6-12/h5-8H,4,9H2,1-3H3. The molecular weight excluding hydrogens is 399 g/mol. The van der Waals surface area contributed by atoms with Crippen LogP contribution in [-0.2, 0) is 12.3 Å². The van der Waals surface area contributed by atoms with Crippen LogP contribution in [0.3, 0.4) is 0 Å². The molecule has 1 aromatic carbocycles. The van der Waals surface area contributed by atoms with E-state index in [-0.39, 0.29) is 11.4 Å². The third-order valence-corrected chi connectivity index (χ3v) is 6.53. The zero-order chi connectivity index (χ0) is 19.8. The molecule has 0 N–H and O–H groups in total. The summed E-state index contributed by atoms with van der Waals surface area (Å²) in [5, 5.41) is 5.27. The molecule has 9 heteroatoms. The summed E-state index contributed by atoms with van der Waals surface area (Å²) in [4.78, 5) is 23.8. The second-order valence-corrected chi connectivity index (χ2v) is 8.36. The van der Waals surface area contributed by atoms with Crippen LogP contribution in [0, 0.1) is 19.7 Å². The third kappa shape index (κ3) is 3.35. The maximum absolute atomic E-state index is 13.1. The largest absolute Gasteiger partial charge is 0.338 e. The van der Waals surface area contributed by atoms with E-state index in [9.17, 15) is 9.18 Å². The van der Waals surface area contributed by atoms with E-state index in [0.29, 0.717) is 40.1 Å². The van der Waals surface area contributed by atoms with Crippen molar-refractivity contribution in [3.63, 3.8) is 0 Å². The van der Waals surface area contributed by atoms with E-state index in [2.05, 4.69) is 10.1 Å². The zero-order valence-corrected chi connectivity index (χ0v) is 17.2. The Morgan fingerprint density at radius 2 is 1.96 bits per heavy atom. The second kappa shape index (κ2) is 7.48. The van der Waals surface area contributed by atoms with Gasteiger partial charge in [-0.15, -0.1) is 11.3 Å². The highest BCUT2D eigenvalue weighted by molar-refractivity contribution is 7.98. The van der Waals surface area contributed by atoms with Gasteiger partial charge in [0.1, 0.15) is 10.6 Å². The van der Waals surface area contributed by atoms with Crippen molar-refractivity contribution in [2.45, 2.75) is 38.2 Å². The van der Waals surface area contributed by atoms with Crippen LogP contribution >= 0.6 is 23.1 Å². The van der Waals surface area contributed by atoms with Crippen LogP contribution in [0.5, 0.6) is 0 Å². The first-order chi connectivity index (χ1) is 13.5. The molecule has 6 nitrogen and oxygen atoms in total. The van der Waals surface area contributed by atoms with Crippen LogP contribution < -0.4 is 5.56 Å². The van der Waals surface area contributed by atoms with Gasteiger partial charge in [0.15, 0.2) is 5.16 Å². The SMILES string of the molecule is CCn1c(SCc2nc(-c3ccc(F)cc3)no2)nc2sc(C)c(C)c2c1=O. The Labute approximate surface area is 168 Å². The fourth-order valence-electron chi connectivity index (χ4n) is 2.85. The quantitative estimate of drug-likeness (QED) is 0.350. The van der Waals surface area contributed by atoms with E-state index in [1.807, 2.05) is 20.8 Å². The van der Waals surface area contributed by atoms with Gasteiger partial charge < -0.3 is 4.52 Å². The summed E-state index contributed by atoms with van der Waals surface area (Å²) >= 11 is 2.91. The summed E-state index contributed by atoms with van der Waals surface area (Å²) in [6, 6.07) is 5.90. The molecule has 0 fully saturated rings. The molecule has 0 aliphatic rings. The monoisotopic (exact) mass is 416 g/mol. The van der Waals surface area contributed by atoms with Gasteiger partial charge >= 0.3 is 0 Å². The lowest BCUT2D eigenvalue weighted by Crippen LogP contribution is -2.22. The van der Waals surface area contributed by atoms with E-state index in [1.54, 1.807) is 16.7 Å². The maximum Gasteiger partial charge on any atom is 0.263 e. The summed E-state index contributed by atoms with van der Waals surface area (Å²) in [7, 11) is 0. The minimum Gasteiger partial charge on any atom is -0.338 e. The van der Waals surface area contributed by atoms with E-state index >= 15 is 0 Å². The van der Waals surface area contributed by atoms with Gasteiger partial charge in [-0.25, -0.2) is 9.37 Å². The van der Waals surface area contributed by atoms with Gasteiger partial charge in [-0.2, -0.15) is 4.98 Å². The number of thiophene rings is 1. The lowest BCUT2D eigenvalue weighted by Gasteiger charge is -2.08. The molecule has 3 aromatic heterocycles. The number of hydrogen-bond acceptors (Lipinski definition) is 7. The van der Waals surface area contributed by atoms with Crippen molar-refractivity contribution in [2.24, 2.45) is 0 Å². The first kappa shape index (κ1) is 18.8. The van der Waals surface area contributed by atoms with Gasteiger partial charge in [0, 0.05) is 17.0 Å². The van der Waals surface area contributed by atoms with Crippen LogP contribution in [0.2, 0.25) is 0 Å². The number of aryl methyl sites for hydroxylation is 2. The minimum atomic E-state index is -0.318. The Morgan fingerprint density at radius 3 is 2.68 bits per heavy atom. The number of halogens is 1. The summed E-state index contributed by atoms with van der Waals surface area (Å²) in [5.74, 6) is 0.882. The molecule has 0 atom stereocenters. The Balaban J connectivity index is 1.61. The molecule has 0 radical (unpaired) electrons. The van der Waals surface area contributed by atoms with Crippen LogP contribution in [-0.4, -0.2) is 19.7 Å². The molecule has 4 rings (SSSR count). The molecule has 0 amide bonds. The fraction of sp³-hybridized carbons (Fsp3) is 0.263. The number of thioether (sulfide) groups is 1.